The summed E-state index contributed by atoms with van der Waals surface area (Å²) in [6.07, 6.45) is 63.6. The zero-order valence-corrected chi connectivity index (χ0v) is 49.1. The highest BCUT2D eigenvalue weighted by atomic mass is 16.7. The lowest BCUT2D eigenvalue weighted by atomic mass is 9.99. The van der Waals surface area contributed by atoms with Crippen LogP contribution in [0.25, 0.3) is 0 Å². The summed E-state index contributed by atoms with van der Waals surface area (Å²) < 4.78 is 11.2. The lowest BCUT2D eigenvalue weighted by Crippen LogP contribution is -2.60. The molecule has 7 unspecified atom stereocenters. The molecule has 0 aromatic heterocycles. The van der Waals surface area contributed by atoms with Crippen LogP contribution in [0, 0.1) is 0 Å². The molecule has 9 nitrogen and oxygen atoms in total. The summed E-state index contributed by atoms with van der Waals surface area (Å²) in [5.41, 5.74) is 0. The molecule has 74 heavy (non-hydrogen) atoms. The maximum Gasteiger partial charge on any atom is 0.220 e. The Kier molecular flexibility index (Phi) is 53.0. The van der Waals surface area contributed by atoms with Crippen molar-refractivity contribution in [2.45, 2.75) is 384 Å². The smallest absolute Gasteiger partial charge is 0.220 e. The molecule has 0 aromatic carbocycles. The van der Waals surface area contributed by atoms with E-state index in [-0.39, 0.29) is 12.5 Å². The monoisotopic (exact) mass is 1050 g/mol. The van der Waals surface area contributed by atoms with Crippen LogP contribution in [0.2, 0.25) is 0 Å². The number of ether oxygens (including phenoxy) is 2. The molecule has 0 radical (unpaired) electrons. The first-order valence-electron chi connectivity index (χ1n) is 32.9. The van der Waals surface area contributed by atoms with E-state index < -0.39 is 49.5 Å². The van der Waals surface area contributed by atoms with E-state index in [0.29, 0.717) is 6.42 Å². The van der Waals surface area contributed by atoms with Gasteiger partial charge in [-0.25, -0.2) is 0 Å². The summed E-state index contributed by atoms with van der Waals surface area (Å²) in [5.74, 6) is -0.172. The summed E-state index contributed by atoms with van der Waals surface area (Å²) in [6.45, 7) is 3.79. The summed E-state index contributed by atoms with van der Waals surface area (Å²) in [4.78, 5) is 13.0. The number of nitrogens with one attached hydrogen (secondary N) is 1. The molecule has 9 heteroatoms. The maximum atomic E-state index is 13.0. The van der Waals surface area contributed by atoms with Crippen LogP contribution in [0.1, 0.15) is 341 Å². The van der Waals surface area contributed by atoms with Gasteiger partial charge in [-0.15, -0.1) is 0 Å². The van der Waals surface area contributed by atoms with E-state index in [2.05, 4.69) is 19.2 Å². The van der Waals surface area contributed by atoms with Crippen molar-refractivity contribution in [1.29, 1.82) is 0 Å². The summed E-state index contributed by atoms with van der Waals surface area (Å²) in [6, 6.07) is -0.799. The van der Waals surface area contributed by atoms with Crippen molar-refractivity contribution in [2.75, 3.05) is 13.2 Å². The number of carbonyl (C=O) groups excluding carboxylic acids is 1. The van der Waals surface area contributed by atoms with Crippen LogP contribution in [0.4, 0.5) is 0 Å². The van der Waals surface area contributed by atoms with E-state index in [4.69, 9.17) is 9.47 Å². The molecule has 1 saturated heterocycles. The fraction of sp³-hybridized carbons (Fsp3) is 0.954. The Bertz CT molecular complexity index is 1170. The van der Waals surface area contributed by atoms with Gasteiger partial charge in [0.1, 0.15) is 24.4 Å². The Hall–Kier alpha value is -1.07. The van der Waals surface area contributed by atoms with Crippen LogP contribution >= 0.6 is 0 Å². The second kappa shape index (κ2) is 55.3. The van der Waals surface area contributed by atoms with E-state index in [0.717, 1.165) is 38.5 Å². The molecule has 1 heterocycles. The second-order valence-corrected chi connectivity index (χ2v) is 23.3. The van der Waals surface area contributed by atoms with E-state index in [1.165, 1.54) is 283 Å². The van der Waals surface area contributed by atoms with E-state index in [1.54, 1.807) is 6.08 Å². The third-order valence-electron chi connectivity index (χ3n) is 16.1. The number of carbonyl (C=O) groups is 1. The van der Waals surface area contributed by atoms with Gasteiger partial charge >= 0.3 is 0 Å². The van der Waals surface area contributed by atoms with Crippen LogP contribution < -0.4 is 5.32 Å². The summed E-state index contributed by atoms with van der Waals surface area (Å²) in [7, 11) is 0. The van der Waals surface area contributed by atoms with Gasteiger partial charge in [0.15, 0.2) is 6.29 Å². The molecule has 0 spiro atoms. The first kappa shape index (κ1) is 70.9. The number of rotatable bonds is 58. The molecule has 7 atom stereocenters. The highest BCUT2D eigenvalue weighted by molar-refractivity contribution is 5.76. The molecular formula is C65H127NO8. The van der Waals surface area contributed by atoms with Crippen LogP contribution in [-0.4, -0.2) is 87.5 Å². The zero-order valence-electron chi connectivity index (χ0n) is 49.1. The largest absolute Gasteiger partial charge is 0.394 e. The van der Waals surface area contributed by atoms with Crippen molar-refractivity contribution in [3.63, 3.8) is 0 Å². The first-order valence-corrected chi connectivity index (χ1v) is 32.9. The average Bonchev–Trinajstić information content (AvgIpc) is 3.40. The standard InChI is InChI=1S/C65H127NO8/c1-3-5-7-9-11-13-15-16-17-18-19-20-21-22-23-24-25-26-27-28-29-30-31-32-33-34-35-36-37-38-39-40-41-42-43-44-45-47-49-51-53-55-61(69)66-58(57-73-65-64(72)63(71)62(70)60(56-67)74-65)59(68)54-52-50-48-46-14-12-10-8-6-4-2/h52,54,58-60,62-65,67-68,70-72H,3-51,53,55-57H2,1-2H3,(H,66,69)/b54-52+. The van der Waals surface area contributed by atoms with Crippen molar-refractivity contribution in [3.05, 3.63) is 12.2 Å². The normalized spacial score (nSPS) is 18.9. The molecule has 0 aromatic rings. The molecule has 1 rings (SSSR count). The van der Waals surface area contributed by atoms with Crippen molar-refractivity contribution in [3.8, 4) is 0 Å². The van der Waals surface area contributed by atoms with Crippen LogP contribution in [0.3, 0.4) is 0 Å². The number of hydrogen-bond acceptors (Lipinski definition) is 8. The number of unbranched alkanes of at least 4 members (excludes halogenated alkanes) is 48. The molecule has 0 bridgehead atoms. The average molecular weight is 1050 g/mol. The minimum Gasteiger partial charge on any atom is -0.394 e. The van der Waals surface area contributed by atoms with Gasteiger partial charge in [0.25, 0.3) is 0 Å². The molecule has 0 saturated carbocycles. The molecule has 6 N–H and O–H groups in total. The van der Waals surface area contributed by atoms with Gasteiger partial charge in [0.05, 0.1) is 25.4 Å². The highest BCUT2D eigenvalue weighted by Gasteiger charge is 2.44. The summed E-state index contributed by atoms with van der Waals surface area (Å²) >= 11 is 0. The van der Waals surface area contributed by atoms with Crippen molar-refractivity contribution < 1.29 is 39.8 Å². The van der Waals surface area contributed by atoms with Gasteiger partial charge in [-0.1, -0.05) is 328 Å². The fourth-order valence-electron chi connectivity index (χ4n) is 10.9. The SMILES string of the molecule is CCCCCCCCCC/C=C/C(O)C(COC1OC(CO)C(O)C(O)C1O)NC(=O)CCCCCCCCCCCCCCCCCCCCCCCCCCCCCCCCCCCCCCCCCCC. The number of amides is 1. The Labute approximate surface area is 458 Å². The van der Waals surface area contributed by atoms with Crippen molar-refractivity contribution >= 4 is 5.91 Å². The Balaban J connectivity index is 1.95. The third kappa shape index (κ3) is 43.9. The fourth-order valence-corrected chi connectivity index (χ4v) is 10.9. The van der Waals surface area contributed by atoms with Gasteiger partial charge in [-0.3, -0.25) is 4.79 Å². The van der Waals surface area contributed by atoms with E-state index in [1.807, 2.05) is 6.08 Å². The van der Waals surface area contributed by atoms with Gasteiger partial charge in [0, 0.05) is 6.42 Å². The third-order valence-corrected chi connectivity index (χ3v) is 16.1. The van der Waals surface area contributed by atoms with Crippen LogP contribution in [0.15, 0.2) is 12.2 Å². The van der Waals surface area contributed by atoms with Gasteiger partial charge < -0.3 is 40.3 Å². The number of hydrogen-bond donors (Lipinski definition) is 6. The quantitative estimate of drug-likeness (QED) is 0.0261. The van der Waals surface area contributed by atoms with Crippen LogP contribution in [0.5, 0.6) is 0 Å². The molecule has 0 aliphatic carbocycles. The van der Waals surface area contributed by atoms with Gasteiger partial charge in [-0.2, -0.15) is 0 Å². The Morgan fingerprint density at radius 2 is 0.743 bits per heavy atom. The van der Waals surface area contributed by atoms with Gasteiger partial charge in [0.2, 0.25) is 5.91 Å². The first-order chi connectivity index (χ1) is 36.3. The predicted molar refractivity (Wildman–Crippen MR) is 314 cm³/mol. The van der Waals surface area contributed by atoms with E-state index >= 15 is 0 Å². The number of aliphatic hydroxyl groups excluding tert-OH is 5. The maximum absolute atomic E-state index is 13.0. The lowest BCUT2D eigenvalue weighted by molar-refractivity contribution is -0.302. The molecular weight excluding hydrogens is 923 g/mol. The lowest BCUT2D eigenvalue weighted by Gasteiger charge is -2.40. The number of allylic oxidation sites excluding steroid dienone is 1. The Morgan fingerprint density at radius 3 is 1.05 bits per heavy atom. The minimum absolute atomic E-state index is 0.172. The Morgan fingerprint density at radius 1 is 0.446 bits per heavy atom. The molecule has 1 fully saturated rings. The molecule has 1 aliphatic heterocycles. The molecule has 1 aliphatic rings. The minimum atomic E-state index is -1.56. The topological polar surface area (TPSA) is 149 Å². The summed E-state index contributed by atoms with van der Waals surface area (Å²) in [5, 5.41) is 54.3. The molecule has 440 valence electrons. The molecule has 1 amide bonds. The number of aliphatic hydroxyl groups is 5. The highest BCUT2D eigenvalue weighted by Crippen LogP contribution is 2.23. The zero-order chi connectivity index (χ0) is 53.6. The van der Waals surface area contributed by atoms with Crippen LogP contribution in [-0.2, 0) is 14.3 Å². The second-order valence-electron chi connectivity index (χ2n) is 23.3. The van der Waals surface area contributed by atoms with Crippen molar-refractivity contribution in [2.24, 2.45) is 0 Å². The van der Waals surface area contributed by atoms with Gasteiger partial charge in [-0.05, 0) is 19.3 Å². The van der Waals surface area contributed by atoms with Crippen molar-refractivity contribution in [1.82, 2.24) is 5.32 Å². The van der Waals surface area contributed by atoms with E-state index in [9.17, 15) is 30.3 Å². The predicted octanol–water partition coefficient (Wildman–Crippen LogP) is 17.1.